The number of rotatable bonds is 4. The van der Waals surface area contributed by atoms with Crippen molar-refractivity contribution < 1.29 is 17.0 Å². The Morgan fingerprint density at radius 2 is 1.33 bits per heavy atom. The molecule has 0 nitrogen and oxygen atoms in total. The van der Waals surface area contributed by atoms with Gasteiger partial charge in [0.05, 0.1) is 24.3 Å². The van der Waals surface area contributed by atoms with Gasteiger partial charge in [0.1, 0.15) is 0 Å². The van der Waals surface area contributed by atoms with Gasteiger partial charge in [-0.1, -0.05) is 48.5 Å². The maximum absolute atomic E-state index is 2.47. The zero-order chi connectivity index (χ0) is 12.1. The second-order valence-electron chi connectivity index (χ2n) is 4.69. The molecule has 2 heteroatoms. The summed E-state index contributed by atoms with van der Waals surface area (Å²) in [5.41, 5.74) is 1.47. The van der Waals surface area contributed by atoms with Crippen LogP contribution >= 0.6 is 7.26 Å². The van der Waals surface area contributed by atoms with Gasteiger partial charge in [-0.2, -0.15) is 0 Å². The van der Waals surface area contributed by atoms with Crippen LogP contribution in [0.25, 0.3) is 0 Å². The SMILES string of the molecule is CC[P+](C)(Cc1ccccc1)c1ccccc1.[Br-]. The zero-order valence-corrected chi connectivity index (χ0v) is 13.5. The molecule has 18 heavy (non-hydrogen) atoms. The molecule has 1 atom stereocenters. The summed E-state index contributed by atoms with van der Waals surface area (Å²) in [4.78, 5) is 0. The van der Waals surface area contributed by atoms with E-state index in [1.54, 1.807) is 5.30 Å². The van der Waals surface area contributed by atoms with Gasteiger partial charge in [-0.15, -0.1) is 0 Å². The highest BCUT2D eigenvalue weighted by Gasteiger charge is 2.32. The lowest BCUT2D eigenvalue weighted by molar-refractivity contribution is -0.00000359. The molecule has 0 radical (unpaired) electrons. The predicted octanol–water partition coefficient (Wildman–Crippen LogP) is 1.18. The summed E-state index contributed by atoms with van der Waals surface area (Å²) >= 11 is 0. The van der Waals surface area contributed by atoms with Gasteiger partial charge in [0.25, 0.3) is 0 Å². The Kier molecular flexibility index (Phi) is 6.05. The fraction of sp³-hybridized carbons (Fsp3) is 0.250. The molecule has 0 bridgehead atoms. The van der Waals surface area contributed by atoms with Crippen LogP contribution < -0.4 is 22.3 Å². The number of hydrogen-bond donors (Lipinski definition) is 0. The van der Waals surface area contributed by atoms with Gasteiger partial charge in [0.15, 0.2) is 0 Å². The molecular formula is C16H20BrP. The lowest BCUT2D eigenvalue weighted by Crippen LogP contribution is -3.00. The van der Waals surface area contributed by atoms with Crippen molar-refractivity contribution >= 4 is 12.6 Å². The second-order valence-corrected chi connectivity index (χ2v) is 8.95. The van der Waals surface area contributed by atoms with E-state index in [0.717, 1.165) is 0 Å². The van der Waals surface area contributed by atoms with E-state index in [-0.39, 0.29) is 17.0 Å². The van der Waals surface area contributed by atoms with Gasteiger partial charge in [0, 0.05) is 7.26 Å². The largest absolute Gasteiger partial charge is 1.00 e. The minimum absolute atomic E-state index is 0. The third-order valence-corrected chi connectivity index (χ3v) is 7.46. The molecule has 0 saturated carbocycles. The summed E-state index contributed by atoms with van der Waals surface area (Å²) in [7, 11) is -1.02. The Hall–Kier alpha value is -0.650. The van der Waals surface area contributed by atoms with Crippen molar-refractivity contribution in [2.45, 2.75) is 13.1 Å². The van der Waals surface area contributed by atoms with Crippen molar-refractivity contribution in [3.63, 3.8) is 0 Å². The van der Waals surface area contributed by atoms with Crippen LogP contribution in [0.1, 0.15) is 12.5 Å². The number of benzene rings is 2. The zero-order valence-electron chi connectivity index (χ0n) is 11.0. The third-order valence-electron chi connectivity index (χ3n) is 3.45. The Bertz CT molecular complexity index is 455. The summed E-state index contributed by atoms with van der Waals surface area (Å²) in [6.07, 6.45) is 2.49. The summed E-state index contributed by atoms with van der Waals surface area (Å²) in [6.45, 7) is 4.79. The maximum Gasteiger partial charge on any atom is 0.0939 e. The predicted molar refractivity (Wildman–Crippen MR) is 79.6 cm³/mol. The van der Waals surface area contributed by atoms with Crippen molar-refractivity contribution in [1.29, 1.82) is 0 Å². The topological polar surface area (TPSA) is 0 Å². The lowest BCUT2D eigenvalue weighted by Gasteiger charge is -2.21. The van der Waals surface area contributed by atoms with Gasteiger partial charge in [-0.3, -0.25) is 0 Å². The molecule has 2 aromatic carbocycles. The molecule has 0 N–H and O–H groups in total. The average Bonchev–Trinajstić information content (AvgIpc) is 2.41. The van der Waals surface area contributed by atoms with Crippen LogP contribution in [-0.2, 0) is 6.16 Å². The summed E-state index contributed by atoms with van der Waals surface area (Å²) in [5.74, 6) is 0. The van der Waals surface area contributed by atoms with E-state index in [2.05, 4.69) is 74.3 Å². The van der Waals surface area contributed by atoms with Gasteiger partial charge in [-0.05, 0) is 24.6 Å². The Morgan fingerprint density at radius 3 is 1.83 bits per heavy atom. The number of hydrogen-bond acceptors (Lipinski definition) is 0. The normalized spacial score (nSPS) is 13.4. The first-order valence-corrected chi connectivity index (χ1v) is 8.79. The first-order chi connectivity index (χ1) is 8.24. The standard InChI is InChI=1S/C16H20P.BrH/c1-3-17(2,16-12-8-5-9-13-16)14-15-10-6-4-7-11-15;/h4-13H,3,14H2,1-2H3;1H/q+1;/p-1. The van der Waals surface area contributed by atoms with E-state index in [1.807, 2.05) is 0 Å². The second kappa shape index (κ2) is 7.07. The minimum Gasteiger partial charge on any atom is -1.00 e. The molecule has 2 aromatic rings. The van der Waals surface area contributed by atoms with Crippen LogP contribution in [0.3, 0.4) is 0 Å². The van der Waals surface area contributed by atoms with E-state index in [4.69, 9.17) is 0 Å². The van der Waals surface area contributed by atoms with Crippen molar-refractivity contribution in [3.05, 3.63) is 66.2 Å². The van der Waals surface area contributed by atoms with Crippen LogP contribution in [0.4, 0.5) is 0 Å². The monoisotopic (exact) mass is 322 g/mol. The first kappa shape index (κ1) is 15.4. The fourth-order valence-corrected chi connectivity index (χ4v) is 4.84. The highest BCUT2D eigenvalue weighted by Crippen LogP contribution is 2.56. The van der Waals surface area contributed by atoms with Crippen molar-refractivity contribution in [1.82, 2.24) is 0 Å². The van der Waals surface area contributed by atoms with E-state index < -0.39 is 7.26 Å². The molecule has 96 valence electrons. The molecule has 2 rings (SSSR count). The van der Waals surface area contributed by atoms with E-state index in [9.17, 15) is 0 Å². The van der Waals surface area contributed by atoms with Crippen LogP contribution in [0, 0.1) is 0 Å². The van der Waals surface area contributed by atoms with E-state index >= 15 is 0 Å². The Labute approximate surface area is 122 Å². The molecule has 0 heterocycles. The first-order valence-electron chi connectivity index (χ1n) is 6.19. The van der Waals surface area contributed by atoms with Gasteiger partial charge in [-0.25, -0.2) is 0 Å². The molecule has 0 aliphatic carbocycles. The van der Waals surface area contributed by atoms with Gasteiger partial charge >= 0.3 is 0 Å². The highest BCUT2D eigenvalue weighted by atomic mass is 79.9. The summed E-state index contributed by atoms with van der Waals surface area (Å²) in [6, 6.07) is 21.9. The fourth-order valence-electron chi connectivity index (χ4n) is 2.16. The van der Waals surface area contributed by atoms with Crippen LogP contribution in [0.5, 0.6) is 0 Å². The molecule has 0 aromatic heterocycles. The van der Waals surface area contributed by atoms with Crippen molar-refractivity contribution in [3.8, 4) is 0 Å². The average molecular weight is 323 g/mol. The molecule has 0 aliphatic rings. The molecule has 0 spiro atoms. The third kappa shape index (κ3) is 3.67. The lowest BCUT2D eigenvalue weighted by atomic mass is 10.2. The van der Waals surface area contributed by atoms with Crippen molar-refractivity contribution in [2.75, 3.05) is 12.8 Å². The van der Waals surface area contributed by atoms with E-state index in [1.165, 1.54) is 17.9 Å². The molecule has 0 fully saturated rings. The highest BCUT2D eigenvalue weighted by molar-refractivity contribution is 7.81. The Balaban J connectivity index is 0.00000162. The van der Waals surface area contributed by atoms with Gasteiger partial charge in [0.2, 0.25) is 0 Å². The molecule has 0 saturated heterocycles. The van der Waals surface area contributed by atoms with Crippen LogP contribution in [0.15, 0.2) is 60.7 Å². The molecular weight excluding hydrogens is 303 g/mol. The van der Waals surface area contributed by atoms with Crippen molar-refractivity contribution in [2.24, 2.45) is 0 Å². The molecule has 1 unspecified atom stereocenters. The maximum atomic E-state index is 2.47. The number of halogens is 1. The summed E-state index contributed by atoms with van der Waals surface area (Å²) < 4.78 is 0. The van der Waals surface area contributed by atoms with Gasteiger partial charge < -0.3 is 17.0 Å². The molecule has 0 aliphatic heterocycles. The minimum atomic E-state index is -1.02. The summed E-state index contributed by atoms with van der Waals surface area (Å²) in [5, 5.41) is 1.55. The van der Waals surface area contributed by atoms with Crippen LogP contribution in [-0.4, -0.2) is 12.8 Å². The Morgan fingerprint density at radius 1 is 0.833 bits per heavy atom. The smallest absolute Gasteiger partial charge is 0.0939 e. The van der Waals surface area contributed by atoms with Crippen LogP contribution in [0.2, 0.25) is 0 Å². The van der Waals surface area contributed by atoms with E-state index in [0.29, 0.717) is 0 Å². The quantitative estimate of drug-likeness (QED) is 0.742. The molecule has 0 amide bonds.